The molecule has 10 heteroatoms. The summed E-state index contributed by atoms with van der Waals surface area (Å²) in [4.78, 5) is 22.5. The Kier molecular flexibility index (Phi) is 4.78. The minimum atomic E-state index is -0.655. The number of nitrogens with zero attached hydrogens (tertiary/aromatic N) is 6. The average molecular weight is 497 g/mol. The molecule has 7 rings (SSSR count). The van der Waals surface area contributed by atoms with Crippen LogP contribution in [0.4, 0.5) is 20.4 Å². The molecule has 2 bridgehead atoms. The minimum Gasteiger partial charge on any atom is -0.345 e. The Bertz CT molecular complexity index is 1720. The van der Waals surface area contributed by atoms with Gasteiger partial charge in [-0.1, -0.05) is 12.1 Å². The van der Waals surface area contributed by atoms with E-state index in [2.05, 4.69) is 24.7 Å². The molecule has 3 aromatic heterocycles. The van der Waals surface area contributed by atoms with Gasteiger partial charge in [-0.05, 0) is 37.8 Å². The van der Waals surface area contributed by atoms with Crippen molar-refractivity contribution in [1.29, 1.82) is 0 Å². The van der Waals surface area contributed by atoms with Crippen LogP contribution >= 0.6 is 0 Å². The average Bonchev–Trinajstić information content (AvgIpc) is 3.61. The van der Waals surface area contributed by atoms with Crippen LogP contribution in [0.15, 0.2) is 49.1 Å². The van der Waals surface area contributed by atoms with Gasteiger partial charge in [0.15, 0.2) is 0 Å². The van der Waals surface area contributed by atoms with Crippen LogP contribution in [0.1, 0.15) is 25.7 Å². The summed E-state index contributed by atoms with van der Waals surface area (Å²) in [7, 11) is 0. The number of H-pyrrole nitrogens is 1. The highest BCUT2D eigenvalue weighted by Gasteiger charge is 2.42. The number of nitrogens with one attached hydrogen (secondary N) is 1. The number of hydrogen-bond acceptors (Lipinski definition) is 5. The lowest BCUT2D eigenvalue weighted by Crippen LogP contribution is -2.48. The lowest BCUT2D eigenvalue weighted by Gasteiger charge is -2.39. The first-order valence-corrected chi connectivity index (χ1v) is 12.2. The molecule has 2 fully saturated rings. The third-order valence-electron chi connectivity index (χ3n) is 7.65. The molecule has 8 nitrogen and oxygen atoms in total. The Morgan fingerprint density at radius 2 is 1.86 bits per heavy atom. The van der Waals surface area contributed by atoms with Gasteiger partial charge in [0.2, 0.25) is 11.6 Å². The van der Waals surface area contributed by atoms with E-state index in [9.17, 15) is 4.39 Å². The van der Waals surface area contributed by atoms with Gasteiger partial charge in [0.1, 0.15) is 17.3 Å². The van der Waals surface area contributed by atoms with Crippen LogP contribution in [0.2, 0.25) is 0 Å². The van der Waals surface area contributed by atoms with E-state index in [1.165, 1.54) is 24.5 Å². The predicted octanol–water partition coefficient (Wildman–Crippen LogP) is 5.23. The quantitative estimate of drug-likeness (QED) is 0.334. The van der Waals surface area contributed by atoms with Gasteiger partial charge in [0.25, 0.3) is 0 Å². The van der Waals surface area contributed by atoms with Crippen LogP contribution in [0.25, 0.3) is 43.9 Å². The van der Waals surface area contributed by atoms with Crippen molar-refractivity contribution in [3.8, 4) is 22.4 Å². The second-order valence-corrected chi connectivity index (χ2v) is 9.81. The Balaban J connectivity index is 1.53. The number of nitrogens with two attached hydrogens (primary N) is 1. The Labute approximate surface area is 210 Å². The van der Waals surface area contributed by atoms with Crippen LogP contribution in [-0.2, 0) is 0 Å². The number of piperidine rings is 1. The maximum absolute atomic E-state index is 15.6. The summed E-state index contributed by atoms with van der Waals surface area (Å²) in [6, 6.07) is 8.04. The summed E-state index contributed by atoms with van der Waals surface area (Å²) in [6.45, 7) is 7.23. The topological polar surface area (TPSA) is 92.5 Å². The lowest BCUT2D eigenvalue weighted by atomic mass is 9.97. The van der Waals surface area contributed by atoms with E-state index in [1.807, 2.05) is 10.6 Å². The Hall–Kier alpha value is -4.36. The number of aromatic nitrogens is 5. The number of hydrogen-bond donors (Lipinski definition) is 2. The molecule has 37 heavy (non-hydrogen) atoms. The fourth-order valence-corrected chi connectivity index (χ4v) is 6.04. The zero-order valence-electron chi connectivity index (χ0n) is 19.7. The van der Waals surface area contributed by atoms with E-state index in [1.54, 1.807) is 18.3 Å². The zero-order valence-corrected chi connectivity index (χ0v) is 19.7. The number of aromatic amines is 1. The third-order valence-corrected chi connectivity index (χ3v) is 7.65. The molecule has 2 aromatic carbocycles. The fraction of sp³-hybridized carbons (Fsp3) is 0.259. The third kappa shape index (κ3) is 3.31. The number of benzene rings is 2. The summed E-state index contributed by atoms with van der Waals surface area (Å²) >= 11 is 0. The summed E-state index contributed by atoms with van der Waals surface area (Å²) < 4.78 is 32.3. The molecule has 0 aliphatic carbocycles. The standard InChI is InChI=1S/C27H22F2N8/c1-31-21-5-2-14(8-20(21)29)25-24(18-11-22-23(12-19(18)28)34-13-33-22)26-32-6-7-36(26)27(35-25)37-16-3-4-17(37)10-15(30)9-16/h2,5-8,11-13,15-17H,3-4,9-10,30H2,(H,33,34). The summed E-state index contributed by atoms with van der Waals surface area (Å²) in [5, 5.41) is 0. The van der Waals surface area contributed by atoms with E-state index >= 15 is 4.39 Å². The largest absolute Gasteiger partial charge is 0.345 e. The maximum atomic E-state index is 15.6. The van der Waals surface area contributed by atoms with Gasteiger partial charge in [0.05, 0.1) is 35.2 Å². The summed E-state index contributed by atoms with van der Waals surface area (Å²) in [6.07, 6.45) is 8.77. The van der Waals surface area contributed by atoms with Crippen molar-refractivity contribution < 1.29 is 8.78 Å². The van der Waals surface area contributed by atoms with Gasteiger partial charge in [-0.15, -0.1) is 0 Å². The Morgan fingerprint density at radius 3 is 2.62 bits per heavy atom. The first-order valence-electron chi connectivity index (χ1n) is 12.2. The number of anilines is 1. The molecule has 2 aliphatic heterocycles. The Morgan fingerprint density at radius 1 is 1.05 bits per heavy atom. The number of rotatable bonds is 3. The van der Waals surface area contributed by atoms with E-state index in [0.717, 1.165) is 25.7 Å². The van der Waals surface area contributed by atoms with Crippen LogP contribution in [0, 0.1) is 18.2 Å². The maximum Gasteiger partial charge on any atom is 0.222 e. The molecule has 0 amide bonds. The van der Waals surface area contributed by atoms with Crippen molar-refractivity contribution in [1.82, 2.24) is 24.3 Å². The van der Waals surface area contributed by atoms with Gasteiger partial charge >= 0.3 is 0 Å². The highest BCUT2D eigenvalue weighted by molar-refractivity contribution is 5.94. The molecule has 5 heterocycles. The van der Waals surface area contributed by atoms with E-state index in [4.69, 9.17) is 17.3 Å². The van der Waals surface area contributed by atoms with Gasteiger partial charge in [0, 0.05) is 47.7 Å². The van der Waals surface area contributed by atoms with Gasteiger partial charge < -0.3 is 15.6 Å². The van der Waals surface area contributed by atoms with Gasteiger partial charge in [-0.3, -0.25) is 4.40 Å². The molecule has 184 valence electrons. The van der Waals surface area contributed by atoms with Crippen LogP contribution < -0.4 is 10.6 Å². The second kappa shape index (κ2) is 8.08. The molecule has 3 N–H and O–H groups in total. The number of fused-ring (bicyclic) bond motifs is 4. The molecule has 0 saturated carbocycles. The lowest BCUT2D eigenvalue weighted by molar-refractivity contribution is 0.408. The monoisotopic (exact) mass is 496 g/mol. The highest BCUT2D eigenvalue weighted by atomic mass is 19.1. The van der Waals surface area contributed by atoms with Crippen LogP contribution in [0.3, 0.4) is 0 Å². The number of halogens is 2. The van der Waals surface area contributed by atoms with Crippen molar-refractivity contribution >= 4 is 28.3 Å². The normalized spacial score (nSPS) is 21.1. The van der Waals surface area contributed by atoms with E-state index < -0.39 is 11.6 Å². The molecular formula is C27H22F2N8. The van der Waals surface area contributed by atoms with Crippen molar-refractivity contribution in [3.05, 3.63) is 72.1 Å². The molecule has 2 atom stereocenters. The molecule has 2 saturated heterocycles. The highest BCUT2D eigenvalue weighted by Crippen LogP contribution is 2.43. The van der Waals surface area contributed by atoms with Crippen LogP contribution in [0.5, 0.6) is 0 Å². The van der Waals surface area contributed by atoms with Crippen LogP contribution in [-0.4, -0.2) is 42.5 Å². The van der Waals surface area contributed by atoms with Gasteiger partial charge in [-0.2, -0.15) is 0 Å². The van der Waals surface area contributed by atoms with Crippen molar-refractivity contribution in [2.45, 2.75) is 43.8 Å². The molecule has 0 spiro atoms. The molecule has 2 unspecified atom stereocenters. The summed E-state index contributed by atoms with van der Waals surface area (Å²) in [5.74, 6) is -0.446. The predicted molar refractivity (Wildman–Crippen MR) is 136 cm³/mol. The summed E-state index contributed by atoms with van der Waals surface area (Å²) in [5.41, 5.74) is 9.45. The van der Waals surface area contributed by atoms with Gasteiger partial charge in [-0.25, -0.2) is 28.6 Å². The second-order valence-electron chi connectivity index (χ2n) is 9.81. The number of imidazole rings is 2. The van der Waals surface area contributed by atoms with E-state index in [-0.39, 0.29) is 29.4 Å². The minimum absolute atomic E-state index is 0.0837. The van der Waals surface area contributed by atoms with Crippen molar-refractivity contribution in [2.75, 3.05) is 4.90 Å². The zero-order chi connectivity index (χ0) is 25.3. The molecule has 2 aliphatic rings. The molecule has 5 aromatic rings. The SMILES string of the molecule is [C-]#[N+]c1ccc(-c2nc(N3C4CCC3CC(N)C4)n3ccnc3c2-c2cc3nc[nH]c3cc2F)cc1F. The first-order chi connectivity index (χ1) is 18.0. The van der Waals surface area contributed by atoms with E-state index in [0.29, 0.717) is 39.4 Å². The van der Waals surface area contributed by atoms with Crippen molar-refractivity contribution in [3.63, 3.8) is 0 Å². The van der Waals surface area contributed by atoms with Crippen molar-refractivity contribution in [2.24, 2.45) is 5.73 Å². The molecular weight excluding hydrogens is 474 g/mol. The first kappa shape index (κ1) is 21.9. The smallest absolute Gasteiger partial charge is 0.222 e. The molecule has 0 radical (unpaired) electrons. The fourth-order valence-electron chi connectivity index (χ4n) is 6.04.